The lowest BCUT2D eigenvalue weighted by molar-refractivity contribution is -0.141. The van der Waals surface area contributed by atoms with Crippen molar-refractivity contribution in [2.45, 2.75) is 25.4 Å². The van der Waals surface area contributed by atoms with Crippen molar-refractivity contribution in [3.8, 4) is 0 Å². The summed E-state index contributed by atoms with van der Waals surface area (Å²) in [5.41, 5.74) is 4.94. The molecule has 0 radical (unpaired) electrons. The Balaban J connectivity index is 2.59. The third-order valence-electron chi connectivity index (χ3n) is 2.63. The van der Waals surface area contributed by atoms with Gasteiger partial charge in [0.2, 0.25) is 5.91 Å². The Morgan fingerprint density at radius 1 is 1.56 bits per heavy atom. The van der Waals surface area contributed by atoms with Crippen molar-refractivity contribution in [3.05, 3.63) is 0 Å². The van der Waals surface area contributed by atoms with Crippen LogP contribution in [0.3, 0.4) is 0 Å². The topological polar surface area (TPSA) is 113 Å². The van der Waals surface area contributed by atoms with Gasteiger partial charge in [-0.1, -0.05) is 0 Å². The number of nitrogens with one attached hydrogen (secondary N) is 1. The van der Waals surface area contributed by atoms with E-state index in [0.29, 0.717) is 6.54 Å². The number of urea groups is 1. The molecule has 1 heterocycles. The third-order valence-corrected chi connectivity index (χ3v) is 3.82. The molecule has 1 aliphatic rings. The second kappa shape index (κ2) is 6.48. The van der Waals surface area contributed by atoms with Crippen LogP contribution in [0.15, 0.2) is 0 Å². The number of primary amides is 1. The highest BCUT2D eigenvalue weighted by molar-refractivity contribution is 7.99. The van der Waals surface area contributed by atoms with Crippen LogP contribution in [-0.2, 0) is 9.59 Å². The standard InChI is InChI=1S/C10H17N3O4S/c1-6-5-18-3-2-13(6)10(17)12-7(9(15)16)4-8(11)14/h6-7H,2-5H2,1H3,(H2,11,14)(H,12,17)(H,15,16)/t6?,7-/m1/s1. The van der Waals surface area contributed by atoms with Crippen molar-refractivity contribution >= 4 is 29.7 Å². The van der Waals surface area contributed by atoms with Gasteiger partial charge in [-0.05, 0) is 6.92 Å². The van der Waals surface area contributed by atoms with Gasteiger partial charge in [0.15, 0.2) is 0 Å². The molecule has 1 saturated heterocycles. The molecule has 1 rings (SSSR count). The lowest BCUT2D eigenvalue weighted by atomic mass is 10.2. The molecule has 7 nitrogen and oxygen atoms in total. The average Bonchev–Trinajstić information content (AvgIpc) is 2.27. The zero-order valence-electron chi connectivity index (χ0n) is 10.1. The summed E-state index contributed by atoms with van der Waals surface area (Å²) < 4.78 is 0. The summed E-state index contributed by atoms with van der Waals surface area (Å²) in [7, 11) is 0. The molecule has 3 amide bonds. The smallest absolute Gasteiger partial charge is 0.326 e. The van der Waals surface area contributed by atoms with Crippen LogP contribution in [0.5, 0.6) is 0 Å². The Morgan fingerprint density at radius 3 is 2.72 bits per heavy atom. The van der Waals surface area contributed by atoms with Crippen LogP contribution in [0.2, 0.25) is 0 Å². The molecule has 18 heavy (non-hydrogen) atoms. The first kappa shape index (κ1) is 14.6. The van der Waals surface area contributed by atoms with Gasteiger partial charge in [-0.25, -0.2) is 9.59 Å². The molecule has 0 aliphatic carbocycles. The van der Waals surface area contributed by atoms with Crippen molar-refractivity contribution in [2.24, 2.45) is 5.73 Å². The van der Waals surface area contributed by atoms with E-state index in [-0.39, 0.29) is 6.04 Å². The van der Waals surface area contributed by atoms with Gasteiger partial charge in [-0.2, -0.15) is 11.8 Å². The Morgan fingerprint density at radius 2 is 2.22 bits per heavy atom. The van der Waals surface area contributed by atoms with Crippen LogP contribution in [0, 0.1) is 0 Å². The van der Waals surface area contributed by atoms with Crippen molar-refractivity contribution in [1.82, 2.24) is 10.2 Å². The number of amides is 3. The fourth-order valence-corrected chi connectivity index (χ4v) is 2.68. The van der Waals surface area contributed by atoms with E-state index in [2.05, 4.69) is 5.32 Å². The van der Waals surface area contributed by atoms with Crippen LogP contribution in [0.1, 0.15) is 13.3 Å². The molecule has 102 valence electrons. The van der Waals surface area contributed by atoms with Gasteiger partial charge in [-0.3, -0.25) is 4.79 Å². The molecular weight excluding hydrogens is 258 g/mol. The number of carbonyl (C=O) groups excluding carboxylic acids is 2. The largest absolute Gasteiger partial charge is 0.480 e. The number of carboxylic acids is 1. The number of thioether (sulfide) groups is 1. The summed E-state index contributed by atoms with van der Waals surface area (Å²) >= 11 is 1.75. The van der Waals surface area contributed by atoms with Gasteiger partial charge in [0, 0.05) is 24.1 Å². The molecule has 0 aromatic heterocycles. The van der Waals surface area contributed by atoms with E-state index in [1.54, 1.807) is 16.7 Å². The zero-order valence-corrected chi connectivity index (χ0v) is 10.9. The number of nitrogens with zero attached hydrogens (tertiary/aromatic N) is 1. The molecule has 2 atom stereocenters. The minimum absolute atomic E-state index is 0.0479. The molecule has 0 aromatic carbocycles. The SMILES string of the molecule is CC1CSCCN1C(=O)N[C@H](CC(N)=O)C(=O)O. The third kappa shape index (κ3) is 4.10. The zero-order chi connectivity index (χ0) is 13.7. The summed E-state index contributed by atoms with van der Waals surface area (Å²) in [6, 6.07) is -1.68. The lowest BCUT2D eigenvalue weighted by Gasteiger charge is -2.33. The Hall–Kier alpha value is -1.44. The van der Waals surface area contributed by atoms with Gasteiger partial charge in [0.25, 0.3) is 0 Å². The number of hydrogen-bond donors (Lipinski definition) is 3. The predicted octanol–water partition coefficient (Wildman–Crippen LogP) is -0.538. The fraction of sp³-hybridized carbons (Fsp3) is 0.700. The van der Waals surface area contributed by atoms with E-state index in [4.69, 9.17) is 10.8 Å². The van der Waals surface area contributed by atoms with Gasteiger partial charge in [0.1, 0.15) is 6.04 Å². The van der Waals surface area contributed by atoms with E-state index >= 15 is 0 Å². The first-order chi connectivity index (χ1) is 8.41. The van der Waals surface area contributed by atoms with Crippen LogP contribution in [-0.4, -0.2) is 58.0 Å². The first-order valence-electron chi connectivity index (χ1n) is 5.57. The Bertz CT molecular complexity index is 350. The number of hydrogen-bond acceptors (Lipinski definition) is 4. The molecule has 4 N–H and O–H groups in total. The van der Waals surface area contributed by atoms with Gasteiger partial charge >= 0.3 is 12.0 Å². The van der Waals surface area contributed by atoms with Crippen LogP contribution in [0.25, 0.3) is 0 Å². The molecule has 0 spiro atoms. The predicted molar refractivity (Wildman–Crippen MR) is 67.3 cm³/mol. The fourth-order valence-electron chi connectivity index (χ4n) is 1.66. The highest BCUT2D eigenvalue weighted by Gasteiger charge is 2.28. The van der Waals surface area contributed by atoms with Gasteiger partial charge in [0.05, 0.1) is 6.42 Å². The molecule has 1 aliphatic heterocycles. The van der Waals surface area contributed by atoms with Crippen LogP contribution >= 0.6 is 11.8 Å². The lowest BCUT2D eigenvalue weighted by Crippen LogP contribution is -2.54. The van der Waals surface area contributed by atoms with Crippen LogP contribution < -0.4 is 11.1 Å². The Labute approximate surface area is 109 Å². The highest BCUT2D eigenvalue weighted by Crippen LogP contribution is 2.16. The number of rotatable bonds is 4. The van der Waals surface area contributed by atoms with Crippen LogP contribution in [0.4, 0.5) is 4.79 Å². The maximum absolute atomic E-state index is 11.9. The van der Waals surface area contributed by atoms with E-state index in [1.165, 1.54) is 0 Å². The monoisotopic (exact) mass is 275 g/mol. The molecule has 0 bridgehead atoms. The number of carboxylic acid groups (broad SMARTS) is 1. The van der Waals surface area contributed by atoms with Crippen molar-refractivity contribution in [2.75, 3.05) is 18.1 Å². The molecular formula is C10H17N3O4S. The summed E-state index contributed by atoms with van der Waals surface area (Å²) in [5.74, 6) is -0.377. The van der Waals surface area contributed by atoms with E-state index in [1.807, 2.05) is 6.92 Å². The Kier molecular flexibility index (Phi) is 5.26. The maximum Gasteiger partial charge on any atom is 0.326 e. The van der Waals surface area contributed by atoms with Crippen molar-refractivity contribution < 1.29 is 19.5 Å². The van der Waals surface area contributed by atoms with E-state index < -0.39 is 30.4 Å². The van der Waals surface area contributed by atoms with Crippen molar-refractivity contribution in [3.63, 3.8) is 0 Å². The summed E-state index contributed by atoms with van der Waals surface area (Å²) in [4.78, 5) is 35.1. The van der Waals surface area contributed by atoms with Gasteiger partial charge < -0.3 is 21.1 Å². The second-order valence-electron chi connectivity index (χ2n) is 4.13. The average molecular weight is 275 g/mol. The number of nitrogens with two attached hydrogens (primary N) is 1. The van der Waals surface area contributed by atoms with E-state index in [0.717, 1.165) is 11.5 Å². The summed E-state index contributed by atoms with van der Waals surface area (Å²) in [6.07, 6.45) is -0.405. The second-order valence-corrected chi connectivity index (χ2v) is 5.28. The summed E-state index contributed by atoms with van der Waals surface area (Å²) in [5, 5.41) is 11.2. The number of aliphatic carboxylic acids is 1. The summed E-state index contributed by atoms with van der Waals surface area (Å²) in [6.45, 7) is 2.47. The molecule has 1 fully saturated rings. The van der Waals surface area contributed by atoms with Crippen molar-refractivity contribution in [1.29, 1.82) is 0 Å². The maximum atomic E-state index is 11.9. The minimum atomic E-state index is -1.27. The quantitative estimate of drug-likeness (QED) is 0.638. The highest BCUT2D eigenvalue weighted by atomic mass is 32.2. The minimum Gasteiger partial charge on any atom is -0.480 e. The molecule has 0 aromatic rings. The normalized spacial score (nSPS) is 21.2. The van der Waals surface area contributed by atoms with E-state index in [9.17, 15) is 14.4 Å². The molecule has 1 unspecified atom stereocenters. The number of carbonyl (C=O) groups is 3. The molecule has 0 saturated carbocycles. The first-order valence-corrected chi connectivity index (χ1v) is 6.73. The van der Waals surface area contributed by atoms with Gasteiger partial charge in [-0.15, -0.1) is 0 Å². The molecule has 8 heteroatoms.